The number of amides is 2. The zero-order chi connectivity index (χ0) is 29.8. The number of primary amides is 1. The van der Waals surface area contributed by atoms with Gasteiger partial charge < -0.3 is 20.5 Å². The SMILES string of the molecule is COC(N)=O.Cn1cc(-c2cc(NC(=O)OC3CCC3)cc(Nc3cc4c(cn3)n(C)c(=O)n4C3CCCC3)c2)cn1. The molecule has 3 aromatic heterocycles. The van der Waals surface area contributed by atoms with Crippen molar-refractivity contribution in [3.8, 4) is 11.1 Å². The third-order valence-electron chi connectivity index (χ3n) is 7.68. The minimum atomic E-state index is -0.745. The molecule has 2 aliphatic rings. The van der Waals surface area contributed by atoms with Crippen LogP contribution in [0.1, 0.15) is 51.0 Å². The van der Waals surface area contributed by atoms with Crippen molar-refractivity contribution in [3.63, 3.8) is 0 Å². The number of aryl methyl sites for hydroxylation is 2. The number of nitrogens with zero attached hydrogens (tertiary/aromatic N) is 5. The summed E-state index contributed by atoms with van der Waals surface area (Å²) in [6.45, 7) is 0. The molecule has 2 amide bonds. The van der Waals surface area contributed by atoms with Crippen molar-refractivity contribution in [2.75, 3.05) is 17.7 Å². The Morgan fingerprint density at radius 2 is 1.67 bits per heavy atom. The summed E-state index contributed by atoms with van der Waals surface area (Å²) in [5, 5.41) is 10.5. The Labute approximate surface area is 242 Å². The van der Waals surface area contributed by atoms with Crippen LogP contribution in [0.2, 0.25) is 0 Å². The Morgan fingerprint density at radius 1 is 0.952 bits per heavy atom. The standard InChI is InChI=1S/C27H31N7O3.C2H5NO2/c1-32-16-18(14-29-32)17-10-19(12-20(11-17)31-26(35)37-22-8-5-9-22)30-25-13-23-24(15-28-25)33(2)27(36)34(23)21-6-3-4-7-21;1-5-2(3)4/h10-16,21-22H,3-9H2,1-2H3,(H,28,30)(H,31,35);1H3,(H2,3,4). The molecule has 4 aromatic rings. The van der Waals surface area contributed by atoms with Gasteiger partial charge in [0.05, 0.1) is 30.5 Å². The molecule has 13 nitrogen and oxygen atoms in total. The van der Waals surface area contributed by atoms with Gasteiger partial charge in [-0.05, 0) is 55.9 Å². The van der Waals surface area contributed by atoms with E-state index in [1.54, 1.807) is 28.7 Å². The van der Waals surface area contributed by atoms with E-state index in [1.807, 2.05) is 42.1 Å². The second-order valence-electron chi connectivity index (χ2n) is 10.6. The highest BCUT2D eigenvalue weighted by Crippen LogP contribution is 2.33. The van der Waals surface area contributed by atoms with Gasteiger partial charge in [-0.15, -0.1) is 0 Å². The lowest BCUT2D eigenvalue weighted by molar-refractivity contribution is 0.0624. The van der Waals surface area contributed by atoms with Gasteiger partial charge in [-0.1, -0.05) is 12.8 Å². The largest absolute Gasteiger partial charge is 0.453 e. The van der Waals surface area contributed by atoms with Crippen LogP contribution >= 0.6 is 0 Å². The molecule has 0 aliphatic heterocycles. The van der Waals surface area contributed by atoms with Gasteiger partial charge in [0, 0.05) is 49.3 Å². The average Bonchev–Trinajstić information content (AvgIpc) is 3.67. The van der Waals surface area contributed by atoms with Gasteiger partial charge in [-0.3, -0.25) is 19.1 Å². The van der Waals surface area contributed by atoms with Gasteiger partial charge in [-0.25, -0.2) is 19.4 Å². The van der Waals surface area contributed by atoms with Crippen LogP contribution in [0.4, 0.5) is 26.8 Å². The Balaban J connectivity index is 0.000000652. The lowest BCUT2D eigenvalue weighted by Crippen LogP contribution is -2.27. The van der Waals surface area contributed by atoms with E-state index in [2.05, 4.69) is 31.2 Å². The van der Waals surface area contributed by atoms with Gasteiger partial charge in [0.25, 0.3) is 0 Å². The number of pyridine rings is 1. The average molecular weight is 577 g/mol. The van der Waals surface area contributed by atoms with E-state index < -0.39 is 12.2 Å². The number of hydrogen-bond acceptors (Lipinski definition) is 8. The summed E-state index contributed by atoms with van der Waals surface area (Å²) in [5.41, 5.74) is 9.28. The number of nitrogens with two attached hydrogens (primary N) is 1. The molecule has 0 spiro atoms. The Kier molecular flexibility index (Phi) is 8.46. The van der Waals surface area contributed by atoms with Crippen LogP contribution in [0, 0.1) is 0 Å². The summed E-state index contributed by atoms with van der Waals surface area (Å²) in [4.78, 5) is 39.4. The molecule has 2 saturated carbocycles. The maximum atomic E-state index is 13.0. The summed E-state index contributed by atoms with van der Waals surface area (Å²) in [6.07, 6.45) is 11.5. The number of aromatic nitrogens is 5. The number of methoxy groups -OCH3 is 1. The Bertz CT molecular complexity index is 1650. The predicted octanol–water partition coefficient (Wildman–Crippen LogP) is 4.81. The van der Waals surface area contributed by atoms with Crippen molar-refractivity contribution in [1.29, 1.82) is 0 Å². The molecule has 1 aromatic carbocycles. The molecule has 0 saturated heterocycles. The first-order valence-corrected chi connectivity index (χ1v) is 14.0. The van der Waals surface area contributed by atoms with Crippen LogP contribution in [0.15, 0.2) is 47.7 Å². The third kappa shape index (κ3) is 6.40. The van der Waals surface area contributed by atoms with Gasteiger partial charge >= 0.3 is 17.9 Å². The van der Waals surface area contributed by atoms with E-state index in [-0.39, 0.29) is 17.8 Å². The molecule has 4 N–H and O–H groups in total. The van der Waals surface area contributed by atoms with Gasteiger partial charge in [0.2, 0.25) is 0 Å². The first-order valence-electron chi connectivity index (χ1n) is 14.0. The quantitative estimate of drug-likeness (QED) is 0.295. The molecule has 0 radical (unpaired) electrons. The van der Waals surface area contributed by atoms with E-state index in [1.165, 1.54) is 7.11 Å². The normalized spacial score (nSPS) is 15.0. The fourth-order valence-corrected chi connectivity index (χ4v) is 5.28. The number of carbonyl (C=O) groups is 2. The summed E-state index contributed by atoms with van der Waals surface area (Å²) in [6, 6.07) is 7.89. The second kappa shape index (κ2) is 12.4. The van der Waals surface area contributed by atoms with Crippen LogP contribution in [0.5, 0.6) is 0 Å². The summed E-state index contributed by atoms with van der Waals surface area (Å²) in [7, 11) is 4.88. The number of nitrogens with one attached hydrogen (secondary N) is 2. The number of imidazole rings is 1. The first kappa shape index (κ1) is 28.7. The maximum Gasteiger partial charge on any atom is 0.411 e. The molecule has 3 heterocycles. The molecule has 222 valence electrons. The topological polar surface area (TPSA) is 160 Å². The molecule has 0 unspecified atom stereocenters. The van der Waals surface area contributed by atoms with E-state index >= 15 is 0 Å². The molecule has 13 heteroatoms. The summed E-state index contributed by atoms with van der Waals surface area (Å²) < 4.78 is 14.7. The molecule has 0 atom stereocenters. The molecule has 6 rings (SSSR count). The Hall–Kier alpha value is -4.81. The number of fused-ring (bicyclic) bond motifs is 1. The number of hydrogen-bond donors (Lipinski definition) is 3. The van der Waals surface area contributed by atoms with Crippen molar-refractivity contribution < 1.29 is 19.1 Å². The number of ether oxygens (including phenoxy) is 2. The van der Waals surface area contributed by atoms with Gasteiger partial charge in [0.1, 0.15) is 11.9 Å². The van der Waals surface area contributed by atoms with Crippen LogP contribution in [0.25, 0.3) is 22.2 Å². The molecular weight excluding hydrogens is 540 g/mol. The van der Waals surface area contributed by atoms with E-state index in [9.17, 15) is 14.4 Å². The minimum absolute atomic E-state index is 0.00151. The number of carbonyl (C=O) groups excluding carboxylic acids is 2. The number of anilines is 3. The van der Waals surface area contributed by atoms with Crippen molar-refractivity contribution in [2.24, 2.45) is 19.8 Å². The molecule has 0 bridgehead atoms. The van der Waals surface area contributed by atoms with Crippen molar-refractivity contribution in [1.82, 2.24) is 23.9 Å². The van der Waals surface area contributed by atoms with Gasteiger partial charge in [-0.2, -0.15) is 5.10 Å². The van der Waals surface area contributed by atoms with Crippen LogP contribution < -0.4 is 22.1 Å². The lowest BCUT2D eigenvalue weighted by atomic mass is 9.96. The molecule has 2 fully saturated rings. The fraction of sp³-hybridized carbons (Fsp3) is 0.414. The number of rotatable bonds is 6. The zero-order valence-corrected chi connectivity index (χ0v) is 24.0. The minimum Gasteiger partial charge on any atom is -0.453 e. The van der Waals surface area contributed by atoms with Crippen molar-refractivity contribution in [2.45, 2.75) is 57.1 Å². The highest BCUT2D eigenvalue weighted by atomic mass is 16.6. The zero-order valence-electron chi connectivity index (χ0n) is 24.0. The Morgan fingerprint density at radius 3 is 2.29 bits per heavy atom. The van der Waals surface area contributed by atoms with Crippen LogP contribution in [-0.4, -0.2) is 49.3 Å². The lowest BCUT2D eigenvalue weighted by Gasteiger charge is -2.25. The van der Waals surface area contributed by atoms with E-state index in [0.717, 1.165) is 72.8 Å². The second-order valence-corrected chi connectivity index (χ2v) is 10.6. The summed E-state index contributed by atoms with van der Waals surface area (Å²) >= 11 is 0. The monoisotopic (exact) mass is 576 g/mol. The smallest absolute Gasteiger partial charge is 0.411 e. The molecular formula is C29H36N8O5. The van der Waals surface area contributed by atoms with Crippen LogP contribution in [0.3, 0.4) is 0 Å². The van der Waals surface area contributed by atoms with E-state index in [0.29, 0.717) is 11.5 Å². The van der Waals surface area contributed by atoms with Crippen molar-refractivity contribution in [3.05, 3.63) is 53.3 Å². The van der Waals surface area contributed by atoms with E-state index in [4.69, 9.17) is 4.74 Å². The van der Waals surface area contributed by atoms with Crippen LogP contribution in [-0.2, 0) is 23.6 Å². The maximum absolute atomic E-state index is 13.0. The molecule has 2 aliphatic carbocycles. The first-order chi connectivity index (χ1) is 20.2. The molecule has 42 heavy (non-hydrogen) atoms. The number of benzene rings is 1. The summed E-state index contributed by atoms with van der Waals surface area (Å²) in [5.74, 6) is 0.621. The fourth-order valence-electron chi connectivity index (χ4n) is 5.28. The third-order valence-corrected chi connectivity index (χ3v) is 7.68. The van der Waals surface area contributed by atoms with Crippen molar-refractivity contribution >= 4 is 40.4 Å². The predicted molar refractivity (Wildman–Crippen MR) is 159 cm³/mol. The highest BCUT2D eigenvalue weighted by Gasteiger charge is 2.24. The van der Waals surface area contributed by atoms with Gasteiger partial charge in [0.15, 0.2) is 0 Å². The highest BCUT2D eigenvalue weighted by molar-refractivity contribution is 5.88.